The quantitative estimate of drug-likeness (QED) is 0.850. The van der Waals surface area contributed by atoms with Gasteiger partial charge in [-0.05, 0) is 37.8 Å². The lowest BCUT2D eigenvalue weighted by Gasteiger charge is -2.26. The predicted molar refractivity (Wildman–Crippen MR) is 72.3 cm³/mol. The van der Waals surface area contributed by atoms with Gasteiger partial charge in [0, 0.05) is 38.1 Å². The standard InChI is InChI=1S/C14H24N4/c1-2-14-13-9-16-8-12(13)10-18(14)6-3-5-17-7-4-15-11-17/h4,7,11-14,16H,2-3,5-6,8-10H2,1H3. The molecule has 1 aromatic rings. The zero-order valence-electron chi connectivity index (χ0n) is 11.3. The maximum absolute atomic E-state index is 4.09. The Hall–Kier alpha value is -0.870. The molecule has 4 nitrogen and oxygen atoms in total. The van der Waals surface area contributed by atoms with E-state index >= 15 is 0 Å². The Kier molecular flexibility index (Phi) is 3.66. The zero-order chi connectivity index (χ0) is 12.4. The number of aromatic nitrogens is 2. The average Bonchev–Trinajstić information content (AvgIpc) is 3.04. The smallest absolute Gasteiger partial charge is 0.0945 e. The molecule has 18 heavy (non-hydrogen) atoms. The van der Waals surface area contributed by atoms with Gasteiger partial charge in [0.25, 0.3) is 0 Å². The van der Waals surface area contributed by atoms with E-state index in [0.717, 1.165) is 24.4 Å². The molecule has 2 aliphatic heterocycles. The number of rotatable bonds is 5. The Labute approximate surface area is 109 Å². The molecule has 0 bridgehead atoms. The second kappa shape index (κ2) is 5.41. The van der Waals surface area contributed by atoms with Gasteiger partial charge in [-0.25, -0.2) is 4.98 Å². The van der Waals surface area contributed by atoms with E-state index < -0.39 is 0 Å². The van der Waals surface area contributed by atoms with Crippen LogP contribution in [0.2, 0.25) is 0 Å². The number of fused-ring (bicyclic) bond motifs is 1. The van der Waals surface area contributed by atoms with Crippen molar-refractivity contribution < 1.29 is 0 Å². The summed E-state index contributed by atoms with van der Waals surface area (Å²) in [4.78, 5) is 6.82. The van der Waals surface area contributed by atoms with Crippen LogP contribution in [-0.2, 0) is 6.54 Å². The van der Waals surface area contributed by atoms with Crippen LogP contribution in [-0.4, -0.2) is 46.7 Å². The zero-order valence-corrected chi connectivity index (χ0v) is 11.3. The van der Waals surface area contributed by atoms with Gasteiger partial charge in [-0.3, -0.25) is 4.90 Å². The fourth-order valence-electron chi connectivity index (χ4n) is 3.80. The molecule has 0 amide bonds. The first-order valence-electron chi connectivity index (χ1n) is 7.29. The molecule has 0 aromatic carbocycles. The molecule has 3 unspecified atom stereocenters. The van der Waals surface area contributed by atoms with Crippen LogP contribution < -0.4 is 5.32 Å². The number of aryl methyl sites for hydroxylation is 1. The minimum Gasteiger partial charge on any atom is -0.337 e. The predicted octanol–water partition coefficient (Wildman–Crippen LogP) is 1.20. The Morgan fingerprint density at radius 2 is 2.28 bits per heavy atom. The molecule has 100 valence electrons. The second-order valence-electron chi connectivity index (χ2n) is 5.71. The van der Waals surface area contributed by atoms with Crippen molar-refractivity contribution in [3.63, 3.8) is 0 Å². The van der Waals surface area contributed by atoms with Gasteiger partial charge in [0.1, 0.15) is 0 Å². The lowest BCUT2D eigenvalue weighted by atomic mass is 9.93. The van der Waals surface area contributed by atoms with Crippen molar-refractivity contribution in [1.29, 1.82) is 0 Å². The summed E-state index contributed by atoms with van der Waals surface area (Å²) in [5.74, 6) is 1.81. The van der Waals surface area contributed by atoms with E-state index in [-0.39, 0.29) is 0 Å². The third-order valence-corrected chi connectivity index (χ3v) is 4.66. The van der Waals surface area contributed by atoms with Crippen molar-refractivity contribution in [2.45, 2.75) is 32.4 Å². The maximum atomic E-state index is 4.09. The Morgan fingerprint density at radius 3 is 3.06 bits per heavy atom. The van der Waals surface area contributed by atoms with E-state index in [0.29, 0.717) is 0 Å². The average molecular weight is 248 g/mol. The van der Waals surface area contributed by atoms with Crippen molar-refractivity contribution in [2.24, 2.45) is 11.8 Å². The van der Waals surface area contributed by atoms with E-state index in [1.54, 1.807) is 0 Å². The summed E-state index contributed by atoms with van der Waals surface area (Å²) in [5, 5.41) is 3.55. The SMILES string of the molecule is CCC1C2CNCC2CN1CCCn1ccnc1. The van der Waals surface area contributed by atoms with Crippen LogP contribution in [0.15, 0.2) is 18.7 Å². The highest BCUT2D eigenvalue weighted by Crippen LogP contribution is 2.34. The summed E-state index contributed by atoms with van der Waals surface area (Å²) in [6.45, 7) is 8.46. The molecule has 0 spiro atoms. The highest BCUT2D eigenvalue weighted by molar-refractivity contribution is 4.97. The molecule has 0 radical (unpaired) electrons. The second-order valence-corrected chi connectivity index (χ2v) is 5.71. The summed E-state index contributed by atoms with van der Waals surface area (Å²) in [7, 11) is 0. The van der Waals surface area contributed by atoms with Crippen LogP contribution >= 0.6 is 0 Å². The molecule has 3 rings (SSSR count). The molecule has 3 heterocycles. The molecular formula is C14H24N4. The fraction of sp³-hybridized carbons (Fsp3) is 0.786. The Morgan fingerprint density at radius 1 is 1.33 bits per heavy atom. The first-order valence-corrected chi connectivity index (χ1v) is 7.29. The molecule has 2 fully saturated rings. The van der Waals surface area contributed by atoms with Gasteiger partial charge in [0.2, 0.25) is 0 Å². The first-order chi connectivity index (χ1) is 8.88. The van der Waals surface area contributed by atoms with Gasteiger partial charge < -0.3 is 9.88 Å². The summed E-state index contributed by atoms with van der Waals surface area (Å²) >= 11 is 0. The lowest BCUT2D eigenvalue weighted by molar-refractivity contribution is 0.213. The summed E-state index contributed by atoms with van der Waals surface area (Å²) < 4.78 is 2.18. The molecule has 2 aliphatic rings. The van der Waals surface area contributed by atoms with Crippen molar-refractivity contribution in [1.82, 2.24) is 19.8 Å². The van der Waals surface area contributed by atoms with Crippen LogP contribution in [0, 0.1) is 11.8 Å². The van der Waals surface area contributed by atoms with Gasteiger partial charge in [0.15, 0.2) is 0 Å². The van der Waals surface area contributed by atoms with E-state index in [2.05, 4.69) is 32.9 Å². The van der Waals surface area contributed by atoms with E-state index in [9.17, 15) is 0 Å². The van der Waals surface area contributed by atoms with E-state index in [1.807, 2.05) is 12.5 Å². The first kappa shape index (κ1) is 12.2. The Bertz CT molecular complexity index is 362. The van der Waals surface area contributed by atoms with Crippen molar-refractivity contribution in [2.75, 3.05) is 26.2 Å². The van der Waals surface area contributed by atoms with E-state index in [1.165, 1.54) is 39.0 Å². The van der Waals surface area contributed by atoms with Gasteiger partial charge in [-0.15, -0.1) is 0 Å². The topological polar surface area (TPSA) is 33.1 Å². The molecule has 1 aromatic heterocycles. The molecule has 4 heteroatoms. The fourth-order valence-corrected chi connectivity index (χ4v) is 3.80. The molecule has 3 atom stereocenters. The van der Waals surface area contributed by atoms with Crippen LogP contribution in [0.3, 0.4) is 0 Å². The summed E-state index contributed by atoms with van der Waals surface area (Å²) in [5.41, 5.74) is 0. The molecular weight excluding hydrogens is 224 g/mol. The highest BCUT2D eigenvalue weighted by Gasteiger charge is 2.42. The normalized spacial score (nSPS) is 31.9. The number of hydrogen-bond acceptors (Lipinski definition) is 3. The third-order valence-electron chi connectivity index (χ3n) is 4.66. The minimum absolute atomic E-state index is 0.813. The minimum atomic E-state index is 0.813. The Balaban J connectivity index is 1.50. The molecule has 1 N–H and O–H groups in total. The number of hydrogen-bond donors (Lipinski definition) is 1. The summed E-state index contributed by atoms with van der Waals surface area (Å²) in [6.07, 6.45) is 8.37. The monoisotopic (exact) mass is 248 g/mol. The van der Waals surface area contributed by atoms with Crippen LogP contribution in [0.1, 0.15) is 19.8 Å². The van der Waals surface area contributed by atoms with Crippen LogP contribution in [0.4, 0.5) is 0 Å². The maximum Gasteiger partial charge on any atom is 0.0945 e. The van der Waals surface area contributed by atoms with Gasteiger partial charge in [0.05, 0.1) is 6.33 Å². The van der Waals surface area contributed by atoms with Crippen LogP contribution in [0.5, 0.6) is 0 Å². The van der Waals surface area contributed by atoms with Gasteiger partial charge >= 0.3 is 0 Å². The van der Waals surface area contributed by atoms with Gasteiger partial charge in [-0.1, -0.05) is 6.92 Å². The molecule has 0 saturated carbocycles. The van der Waals surface area contributed by atoms with E-state index in [4.69, 9.17) is 0 Å². The number of nitrogens with one attached hydrogen (secondary N) is 1. The van der Waals surface area contributed by atoms with Gasteiger partial charge in [-0.2, -0.15) is 0 Å². The molecule has 2 saturated heterocycles. The van der Waals surface area contributed by atoms with Crippen molar-refractivity contribution in [3.8, 4) is 0 Å². The van der Waals surface area contributed by atoms with Crippen molar-refractivity contribution >= 4 is 0 Å². The lowest BCUT2D eigenvalue weighted by Crippen LogP contribution is -2.36. The number of likely N-dealkylation sites (tertiary alicyclic amines) is 1. The highest BCUT2D eigenvalue weighted by atomic mass is 15.2. The number of nitrogens with zero attached hydrogens (tertiary/aromatic N) is 3. The molecule has 0 aliphatic carbocycles. The van der Waals surface area contributed by atoms with Crippen LogP contribution in [0.25, 0.3) is 0 Å². The summed E-state index contributed by atoms with van der Waals surface area (Å²) in [6, 6.07) is 0.813. The van der Waals surface area contributed by atoms with Crippen molar-refractivity contribution in [3.05, 3.63) is 18.7 Å². The number of imidazole rings is 1. The third kappa shape index (κ3) is 2.31. The largest absolute Gasteiger partial charge is 0.337 e.